The number of nitrogens with zero attached hydrogens (tertiary/aromatic N) is 2. The van der Waals surface area contributed by atoms with E-state index in [1.54, 1.807) is 0 Å². The molecule has 2 aromatic rings. The van der Waals surface area contributed by atoms with Gasteiger partial charge in [0.1, 0.15) is 0 Å². The minimum Gasteiger partial charge on any atom is -0.475 e. The molecule has 1 aliphatic heterocycles. The van der Waals surface area contributed by atoms with Gasteiger partial charge in [-0.2, -0.15) is 0 Å². The second-order valence-electron chi connectivity index (χ2n) is 4.24. The SMILES string of the molecule is O=C(O)c1nc(-c2cc[nH]c2)c2n1CCCC2. The number of carbonyl (C=O) groups is 1. The van der Waals surface area contributed by atoms with Gasteiger partial charge < -0.3 is 14.7 Å². The standard InChI is InChI=1S/C12H13N3O2/c16-12(17)11-14-10(8-4-5-13-7-8)9-3-1-2-6-15(9)11/h4-5,7,13H,1-3,6H2,(H,16,17). The number of hydrogen-bond acceptors (Lipinski definition) is 2. The van der Waals surface area contributed by atoms with Crippen molar-refractivity contribution >= 4 is 5.97 Å². The molecule has 3 rings (SSSR count). The zero-order valence-electron chi connectivity index (χ0n) is 9.31. The average molecular weight is 231 g/mol. The van der Waals surface area contributed by atoms with Crippen LogP contribution in [0, 0.1) is 0 Å². The van der Waals surface area contributed by atoms with Gasteiger partial charge in [0.2, 0.25) is 5.82 Å². The molecule has 2 N–H and O–H groups in total. The summed E-state index contributed by atoms with van der Waals surface area (Å²) in [7, 11) is 0. The van der Waals surface area contributed by atoms with Crippen molar-refractivity contribution in [3.63, 3.8) is 0 Å². The zero-order valence-corrected chi connectivity index (χ0v) is 9.31. The molecule has 0 saturated heterocycles. The lowest BCUT2D eigenvalue weighted by molar-refractivity contribution is 0.0677. The van der Waals surface area contributed by atoms with Crippen LogP contribution < -0.4 is 0 Å². The Balaban J connectivity index is 2.19. The summed E-state index contributed by atoms with van der Waals surface area (Å²) in [4.78, 5) is 18.4. The third-order valence-corrected chi connectivity index (χ3v) is 3.18. The Kier molecular flexibility index (Phi) is 2.24. The largest absolute Gasteiger partial charge is 0.475 e. The van der Waals surface area contributed by atoms with Crippen molar-refractivity contribution in [1.82, 2.24) is 14.5 Å². The number of aromatic nitrogens is 3. The highest BCUT2D eigenvalue weighted by atomic mass is 16.4. The van der Waals surface area contributed by atoms with E-state index in [4.69, 9.17) is 5.11 Å². The maximum Gasteiger partial charge on any atom is 0.372 e. The Morgan fingerprint density at radius 1 is 1.47 bits per heavy atom. The molecule has 0 aliphatic carbocycles. The van der Waals surface area contributed by atoms with Gasteiger partial charge in [-0.1, -0.05) is 0 Å². The van der Waals surface area contributed by atoms with Crippen LogP contribution in [0.3, 0.4) is 0 Å². The number of rotatable bonds is 2. The van der Waals surface area contributed by atoms with Crippen LogP contribution >= 0.6 is 0 Å². The zero-order chi connectivity index (χ0) is 11.8. The molecule has 0 fully saturated rings. The summed E-state index contributed by atoms with van der Waals surface area (Å²) < 4.78 is 1.84. The van der Waals surface area contributed by atoms with Gasteiger partial charge in [0.05, 0.1) is 5.69 Å². The summed E-state index contributed by atoms with van der Waals surface area (Å²) in [5.41, 5.74) is 2.82. The highest BCUT2D eigenvalue weighted by molar-refractivity contribution is 5.85. The molecule has 0 spiro atoms. The number of aromatic amines is 1. The monoisotopic (exact) mass is 231 g/mol. The quantitative estimate of drug-likeness (QED) is 0.829. The van der Waals surface area contributed by atoms with Crippen LogP contribution in [0.15, 0.2) is 18.5 Å². The number of carboxylic acid groups (broad SMARTS) is 1. The van der Waals surface area contributed by atoms with Crippen LogP contribution in [0.1, 0.15) is 29.2 Å². The van der Waals surface area contributed by atoms with E-state index in [1.165, 1.54) is 0 Å². The molecule has 17 heavy (non-hydrogen) atoms. The molecular formula is C12H13N3O2. The smallest absolute Gasteiger partial charge is 0.372 e. The average Bonchev–Trinajstić information content (AvgIpc) is 2.95. The first-order valence-corrected chi connectivity index (χ1v) is 5.73. The topological polar surface area (TPSA) is 70.9 Å². The Bertz CT molecular complexity index is 555. The summed E-state index contributed by atoms with van der Waals surface area (Å²) in [5.74, 6) is -0.786. The minimum absolute atomic E-state index is 0.163. The fraction of sp³-hybridized carbons (Fsp3) is 0.333. The fourth-order valence-corrected chi connectivity index (χ4v) is 2.41. The molecule has 5 heteroatoms. The molecule has 1 aliphatic rings. The van der Waals surface area contributed by atoms with E-state index in [2.05, 4.69) is 9.97 Å². The van der Waals surface area contributed by atoms with E-state index in [9.17, 15) is 4.79 Å². The number of imidazole rings is 1. The van der Waals surface area contributed by atoms with E-state index in [0.717, 1.165) is 42.8 Å². The second kappa shape index (κ2) is 3.76. The van der Waals surface area contributed by atoms with Crippen molar-refractivity contribution in [3.05, 3.63) is 30.0 Å². The van der Waals surface area contributed by atoms with Gasteiger partial charge in [-0.05, 0) is 25.3 Å². The maximum atomic E-state index is 11.2. The van der Waals surface area contributed by atoms with Crippen LogP contribution in [0.25, 0.3) is 11.3 Å². The van der Waals surface area contributed by atoms with Crippen molar-refractivity contribution in [2.75, 3.05) is 0 Å². The molecule has 0 saturated carbocycles. The predicted molar refractivity (Wildman–Crippen MR) is 61.9 cm³/mol. The van der Waals surface area contributed by atoms with Crippen molar-refractivity contribution < 1.29 is 9.90 Å². The molecule has 0 radical (unpaired) electrons. The van der Waals surface area contributed by atoms with E-state index >= 15 is 0 Å². The van der Waals surface area contributed by atoms with Gasteiger partial charge in [0.25, 0.3) is 0 Å². The predicted octanol–water partition coefficient (Wildman–Crippen LogP) is 1.91. The molecule has 88 valence electrons. The summed E-state index contributed by atoms with van der Waals surface area (Å²) in [6.45, 7) is 0.758. The van der Waals surface area contributed by atoms with Gasteiger partial charge in [-0.3, -0.25) is 0 Å². The Hall–Kier alpha value is -2.04. The normalized spacial score (nSPS) is 14.6. The Labute approximate surface area is 98.1 Å². The van der Waals surface area contributed by atoms with Crippen LogP contribution in [0.4, 0.5) is 0 Å². The number of H-pyrrole nitrogens is 1. The van der Waals surface area contributed by atoms with E-state index < -0.39 is 5.97 Å². The highest BCUT2D eigenvalue weighted by Gasteiger charge is 2.24. The van der Waals surface area contributed by atoms with Crippen molar-refractivity contribution in [2.24, 2.45) is 0 Å². The van der Waals surface area contributed by atoms with Crippen LogP contribution in [-0.4, -0.2) is 25.6 Å². The lowest BCUT2D eigenvalue weighted by Crippen LogP contribution is -2.16. The highest BCUT2D eigenvalue weighted by Crippen LogP contribution is 2.28. The third kappa shape index (κ3) is 1.54. The molecule has 5 nitrogen and oxygen atoms in total. The van der Waals surface area contributed by atoms with E-state index in [-0.39, 0.29) is 5.82 Å². The molecule has 2 aromatic heterocycles. The minimum atomic E-state index is -0.949. The summed E-state index contributed by atoms with van der Waals surface area (Å²) in [6, 6.07) is 1.92. The van der Waals surface area contributed by atoms with Gasteiger partial charge in [-0.25, -0.2) is 9.78 Å². The van der Waals surface area contributed by atoms with Crippen molar-refractivity contribution in [3.8, 4) is 11.3 Å². The molecule has 0 aromatic carbocycles. The van der Waals surface area contributed by atoms with E-state index in [0.29, 0.717) is 0 Å². The molecular weight excluding hydrogens is 218 g/mol. The number of aromatic carboxylic acids is 1. The van der Waals surface area contributed by atoms with Gasteiger partial charge in [0.15, 0.2) is 0 Å². The number of hydrogen-bond donors (Lipinski definition) is 2. The maximum absolute atomic E-state index is 11.2. The van der Waals surface area contributed by atoms with Gasteiger partial charge in [-0.15, -0.1) is 0 Å². The summed E-state index contributed by atoms with van der Waals surface area (Å²) >= 11 is 0. The second-order valence-corrected chi connectivity index (χ2v) is 4.24. The van der Waals surface area contributed by atoms with Gasteiger partial charge >= 0.3 is 5.97 Å². The lowest BCUT2D eigenvalue weighted by Gasteiger charge is -2.15. The third-order valence-electron chi connectivity index (χ3n) is 3.18. The molecule has 0 atom stereocenters. The first-order valence-electron chi connectivity index (χ1n) is 5.73. The summed E-state index contributed by atoms with van der Waals surface area (Å²) in [6.07, 6.45) is 6.70. The lowest BCUT2D eigenvalue weighted by atomic mass is 10.1. The first kappa shape index (κ1) is 10.1. The molecule has 3 heterocycles. The van der Waals surface area contributed by atoms with Crippen molar-refractivity contribution in [1.29, 1.82) is 0 Å². The Morgan fingerprint density at radius 3 is 3.06 bits per heavy atom. The Morgan fingerprint density at radius 2 is 2.35 bits per heavy atom. The van der Waals surface area contributed by atoms with Gasteiger partial charge in [0, 0.05) is 30.2 Å². The van der Waals surface area contributed by atoms with Crippen LogP contribution in [0.2, 0.25) is 0 Å². The van der Waals surface area contributed by atoms with Crippen molar-refractivity contribution in [2.45, 2.75) is 25.8 Å². The fourth-order valence-electron chi connectivity index (χ4n) is 2.41. The molecule has 0 bridgehead atoms. The number of fused-ring (bicyclic) bond motifs is 1. The summed E-state index contributed by atoms with van der Waals surface area (Å²) in [5, 5.41) is 9.16. The molecule has 0 amide bonds. The number of nitrogens with one attached hydrogen (secondary N) is 1. The first-order chi connectivity index (χ1) is 8.27. The van der Waals surface area contributed by atoms with Crippen LogP contribution in [-0.2, 0) is 13.0 Å². The van der Waals surface area contributed by atoms with E-state index in [1.807, 2.05) is 23.0 Å². The molecule has 0 unspecified atom stereocenters. The number of carboxylic acids is 1. The van der Waals surface area contributed by atoms with Crippen LogP contribution in [0.5, 0.6) is 0 Å².